The number of ether oxygens (including phenoxy) is 1. The molecule has 8 nitrogen and oxygen atoms in total. The van der Waals surface area contributed by atoms with Crippen molar-refractivity contribution in [3.8, 4) is 16.3 Å². The van der Waals surface area contributed by atoms with Gasteiger partial charge in [-0.05, 0) is 24.3 Å². The van der Waals surface area contributed by atoms with Crippen LogP contribution in [0.25, 0.3) is 10.6 Å². The van der Waals surface area contributed by atoms with E-state index >= 15 is 0 Å². The van der Waals surface area contributed by atoms with Gasteiger partial charge in [0.05, 0.1) is 29.3 Å². The Hall–Kier alpha value is -3.24. The Labute approximate surface area is 186 Å². The molecule has 10 heteroatoms. The van der Waals surface area contributed by atoms with Gasteiger partial charge in [0.1, 0.15) is 5.75 Å². The molecule has 0 bridgehead atoms. The van der Waals surface area contributed by atoms with Crippen molar-refractivity contribution in [2.75, 3.05) is 16.8 Å². The lowest BCUT2D eigenvalue weighted by Crippen LogP contribution is -2.48. The van der Waals surface area contributed by atoms with Crippen LogP contribution < -0.4 is 20.3 Å². The summed E-state index contributed by atoms with van der Waals surface area (Å²) in [6, 6.07) is 11.0. The summed E-state index contributed by atoms with van der Waals surface area (Å²) in [4.78, 5) is 43.9. The summed E-state index contributed by atoms with van der Waals surface area (Å²) in [6.45, 7) is 3.55. The summed E-state index contributed by atoms with van der Waals surface area (Å²) in [5, 5.41) is 7.88. The van der Waals surface area contributed by atoms with Crippen molar-refractivity contribution in [1.82, 2.24) is 10.3 Å². The number of carbonyl (C=O) groups excluding carboxylic acids is 3. The summed E-state index contributed by atoms with van der Waals surface area (Å²) in [5.74, 6) is -0.101. The Balaban J connectivity index is 1.44. The molecule has 4 rings (SSSR count). The third kappa shape index (κ3) is 4.75. The highest BCUT2D eigenvalue weighted by Gasteiger charge is 2.32. The number of benzene rings is 1. The van der Waals surface area contributed by atoms with Crippen molar-refractivity contribution >= 4 is 51.2 Å². The average molecular weight is 457 g/mol. The van der Waals surface area contributed by atoms with Gasteiger partial charge >= 0.3 is 0 Å². The molecule has 1 aliphatic heterocycles. The normalized spacial score (nSPS) is 15.0. The Morgan fingerprint density at radius 1 is 1.19 bits per heavy atom. The van der Waals surface area contributed by atoms with Crippen molar-refractivity contribution in [3.63, 3.8) is 0 Å². The monoisotopic (exact) mass is 456 g/mol. The number of hydrogen-bond acceptors (Lipinski definition) is 7. The van der Waals surface area contributed by atoms with Crippen LogP contribution in [0.3, 0.4) is 0 Å². The molecule has 0 saturated carbocycles. The summed E-state index contributed by atoms with van der Waals surface area (Å²) in [5.41, 5.74) is 1.41. The Kier molecular flexibility index (Phi) is 6.01. The zero-order valence-electron chi connectivity index (χ0n) is 16.9. The van der Waals surface area contributed by atoms with Gasteiger partial charge in [-0.2, -0.15) is 0 Å². The first-order valence-electron chi connectivity index (χ1n) is 9.54. The summed E-state index contributed by atoms with van der Waals surface area (Å²) in [7, 11) is 0. The molecule has 1 aliphatic rings. The SMILES string of the molecule is CC(=O)NCc1ccc(-c2csc(NC(=O)[C@@H]3CN(C(C)=O)c4ccccc4O3)n2)s1. The summed E-state index contributed by atoms with van der Waals surface area (Å²) >= 11 is 2.85. The van der Waals surface area contributed by atoms with Gasteiger partial charge in [-0.1, -0.05) is 12.1 Å². The number of nitrogens with one attached hydrogen (secondary N) is 2. The van der Waals surface area contributed by atoms with Crippen LogP contribution in [0.1, 0.15) is 18.7 Å². The van der Waals surface area contributed by atoms with E-state index in [0.717, 1.165) is 15.4 Å². The van der Waals surface area contributed by atoms with E-state index in [9.17, 15) is 14.4 Å². The molecule has 3 aromatic rings. The van der Waals surface area contributed by atoms with Gasteiger partial charge in [0.2, 0.25) is 11.8 Å². The van der Waals surface area contributed by atoms with E-state index in [4.69, 9.17) is 4.74 Å². The average Bonchev–Trinajstić information content (AvgIpc) is 3.40. The predicted molar refractivity (Wildman–Crippen MR) is 120 cm³/mol. The maximum atomic E-state index is 12.8. The zero-order chi connectivity index (χ0) is 22.0. The molecule has 0 saturated heterocycles. The van der Waals surface area contributed by atoms with Gasteiger partial charge in [0.15, 0.2) is 11.2 Å². The maximum absolute atomic E-state index is 12.8. The predicted octanol–water partition coefficient (Wildman–Crippen LogP) is 3.26. The molecule has 0 unspecified atom stereocenters. The fourth-order valence-electron chi connectivity index (χ4n) is 3.12. The Morgan fingerprint density at radius 2 is 2.00 bits per heavy atom. The third-order valence-electron chi connectivity index (χ3n) is 4.61. The molecule has 0 radical (unpaired) electrons. The van der Waals surface area contributed by atoms with Crippen molar-refractivity contribution in [3.05, 3.63) is 46.7 Å². The highest BCUT2D eigenvalue weighted by atomic mass is 32.1. The number of thiazole rings is 1. The molecule has 3 heterocycles. The van der Waals surface area contributed by atoms with Crippen molar-refractivity contribution in [2.45, 2.75) is 26.5 Å². The van der Waals surface area contributed by atoms with E-state index in [1.165, 1.54) is 36.5 Å². The van der Waals surface area contributed by atoms with Gasteiger partial charge in [-0.25, -0.2) is 4.98 Å². The maximum Gasteiger partial charge on any atom is 0.269 e. The number of anilines is 2. The minimum atomic E-state index is -0.836. The molecule has 2 aromatic heterocycles. The molecule has 0 fully saturated rings. The molecule has 1 aromatic carbocycles. The van der Waals surface area contributed by atoms with Crippen LogP contribution in [0, 0.1) is 0 Å². The number of amides is 3. The second-order valence-electron chi connectivity index (χ2n) is 6.91. The Bertz CT molecular complexity index is 1140. The first kappa shape index (κ1) is 21.0. The van der Waals surface area contributed by atoms with Crippen molar-refractivity contribution < 1.29 is 19.1 Å². The number of rotatable bonds is 5. The van der Waals surface area contributed by atoms with Crippen LogP contribution in [0.4, 0.5) is 10.8 Å². The highest BCUT2D eigenvalue weighted by molar-refractivity contribution is 7.17. The van der Waals surface area contributed by atoms with Gasteiger partial charge in [0, 0.05) is 24.1 Å². The van der Waals surface area contributed by atoms with Gasteiger partial charge in [-0.15, -0.1) is 22.7 Å². The fraction of sp³-hybridized carbons (Fsp3) is 0.238. The number of thiophene rings is 1. The minimum absolute atomic E-state index is 0.0792. The first-order chi connectivity index (χ1) is 14.9. The molecule has 2 N–H and O–H groups in total. The summed E-state index contributed by atoms with van der Waals surface area (Å²) < 4.78 is 5.83. The minimum Gasteiger partial charge on any atom is -0.476 e. The smallest absolute Gasteiger partial charge is 0.269 e. The lowest BCUT2D eigenvalue weighted by molar-refractivity contribution is -0.123. The van der Waals surface area contributed by atoms with E-state index in [2.05, 4.69) is 15.6 Å². The molecule has 1 atom stereocenters. The standard InChI is InChI=1S/C21H20N4O4S2/c1-12(26)22-9-14-7-8-19(31-14)15-11-30-21(23-15)24-20(28)18-10-25(13(2)27)16-5-3-4-6-17(16)29-18/h3-8,11,18H,9-10H2,1-2H3,(H,22,26)(H,23,24,28)/t18-/m0/s1. The number of carbonyl (C=O) groups is 3. The molecular formula is C21H20N4O4S2. The van der Waals surface area contributed by atoms with E-state index in [0.29, 0.717) is 23.1 Å². The van der Waals surface area contributed by atoms with Crippen LogP contribution in [0.15, 0.2) is 41.8 Å². The largest absolute Gasteiger partial charge is 0.476 e. The second-order valence-corrected chi connectivity index (χ2v) is 8.93. The molecule has 3 amide bonds. The van der Waals surface area contributed by atoms with Crippen molar-refractivity contribution in [2.24, 2.45) is 0 Å². The summed E-state index contributed by atoms with van der Waals surface area (Å²) in [6.07, 6.45) is -0.836. The van der Waals surface area contributed by atoms with Gasteiger partial charge in [0.25, 0.3) is 5.91 Å². The van der Waals surface area contributed by atoms with Crippen LogP contribution in [0.2, 0.25) is 0 Å². The second kappa shape index (κ2) is 8.86. The van der Waals surface area contributed by atoms with Crippen molar-refractivity contribution in [1.29, 1.82) is 0 Å². The molecule has 0 aliphatic carbocycles. The topological polar surface area (TPSA) is 101 Å². The lowest BCUT2D eigenvalue weighted by atomic mass is 10.2. The van der Waals surface area contributed by atoms with Gasteiger partial charge in [-0.3, -0.25) is 19.7 Å². The quantitative estimate of drug-likeness (QED) is 0.614. The number of hydrogen-bond donors (Lipinski definition) is 2. The van der Waals surface area contributed by atoms with E-state index in [1.54, 1.807) is 23.1 Å². The molecule has 160 valence electrons. The van der Waals surface area contributed by atoms with E-state index in [1.807, 2.05) is 23.6 Å². The number of aromatic nitrogens is 1. The third-order valence-corrected chi connectivity index (χ3v) is 6.47. The fourth-order valence-corrected chi connectivity index (χ4v) is 4.82. The number of fused-ring (bicyclic) bond motifs is 1. The van der Waals surface area contributed by atoms with Crippen LogP contribution in [-0.4, -0.2) is 35.4 Å². The molecule has 31 heavy (non-hydrogen) atoms. The molecule has 0 spiro atoms. The number of nitrogens with zero attached hydrogens (tertiary/aromatic N) is 2. The van der Waals surface area contributed by atoms with Gasteiger partial charge < -0.3 is 15.0 Å². The first-order valence-corrected chi connectivity index (χ1v) is 11.2. The van der Waals surface area contributed by atoms with Crippen LogP contribution in [0.5, 0.6) is 5.75 Å². The van der Waals surface area contributed by atoms with Crippen LogP contribution >= 0.6 is 22.7 Å². The Morgan fingerprint density at radius 3 is 2.77 bits per heavy atom. The number of para-hydroxylation sites is 2. The van der Waals surface area contributed by atoms with Crippen LogP contribution in [-0.2, 0) is 20.9 Å². The highest BCUT2D eigenvalue weighted by Crippen LogP contribution is 2.34. The van der Waals surface area contributed by atoms with E-state index < -0.39 is 6.10 Å². The zero-order valence-corrected chi connectivity index (χ0v) is 18.5. The van der Waals surface area contributed by atoms with E-state index in [-0.39, 0.29) is 24.3 Å². The lowest BCUT2D eigenvalue weighted by Gasteiger charge is -2.33. The molecular weight excluding hydrogens is 436 g/mol.